The lowest BCUT2D eigenvalue weighted by molar-refractivity contribution is -0.120. The maximum absolute atomic E-state index is 13.7. The van der Waals surface area contributed by atoms with Gasteiger partial charge in [-0.25, -0.2) is 9.37 Å². The highest BCUT2D eigenvalue weighted by atomic mass is 32.2. The van der Waals surface area contributed by atoms with Crippen LogP contribution in [0.5, 0.6) is 0 Å². The normalized spacial score (nSPS) is 13.7. The van der Waals surface area contributed by atoms with Gasteiger partial charge >= 0.3 is 0 Å². The van der Waals surface area contributed by atoms with Gasteiger partial charge in [0.05, 0.1) is 5.41 Å². The molecule has 1 aromatic heterocycles. The fraction of sp³-hybridized carbons (Fsp3) is 0.207. The van der Waals surface area contributed by atoms with Crippen LogP contribution in [-0.4, -0.2) is 29.0 Å². The SMILES string of the molecule is CC(C)(C(=O)Nc1ccc(-c2cnc3nc2NCCCNSc2cccc(c2)N3)cc1)c1cccc(F)c1. The molecule has 0 unspecified atom stereocenters. The van der Waals surface area contributed by atoms with Crippen molar-refractivity contribution < 1.29 is 9.18 Å². The molecule has 0 spiro atoms. The van der Waals surface area contributed by atoms with Crippen LogP contribution in [0.2, 0.25) is 0 Å². The number of halogens is 1. The van der Waals surface area contributed by atoms with Crippen molar-refractivity contribution in [2.75, 3.05) is 29.0 Å². The third-order valence-electron chi connectivity index (χ3n) is 6.38. The molecule has 0 radical (unpaired) electrons. The number of amides is 1. The number of fused-ring (bicyclic) bond motifs is 4. The summed E-state index contributed by atoms with van der Waals surface area (Å²) in [7, 11) is 0. The first-order valence-electron chi connectivity index (χ1n) is 12.4. The molecule has 1 aliphatic rings. The molecule has 0 aliphatic carbocycles. The lowest BCUT2D eigenvalue weighted by Gasteiger charge is -2.24. The van der Waals surface area contributed by atoms with Crippen molar-refractivity contribution in [3.8, 4) is 11.1 Å². The second kappa shape index (κ2) is 11.2. The van der Waals surface area contributed by atoms with Gasteiger partial charge in [0.15, 0.2) is 0 Å². The van der Waals surface area contributed by atoms with Crippen LogP contribution in [0.3, 0.4) is 0 Å². The zero-order valence-electron chi connectivity index (χ0n) is 21.2. The summed E-state index contributed by atoms with van der Waals surface area (Å²) in [4.78, 5) is 23.5. The first-order chi connectivity index (χ1) is 18.4. The van der Waals surface area contributed by atoms with E-state index in [-0.39, 0.29) is 11.7 Å². The van der Waals surface area contributed by atoms with E-state index >= 15 is 0 Å². The second-order valence-corrected chi connectivity index (χ2v) is 10.5. The van der Waals surface area contributed by atoms with E-state index in [0.29, 0.717) is 17.2 Å². The average Bonchev–Trinajstić information content (AvgIpc) is 2.92. The molecule has 4 N–H and O–H groups in total. The van der Waals surface area contributed by atoms with Gasteiger partial charge in [-0.3, -0.25) is 9.52 Å². The largest absolute Gasteiger partial charge is 0.369 e. The van der Waals surface area contributed by atoms with Crippen LogP contribution < -0.4 is 20.7 Å². The molecule has 0 saturated carbocycles. The number of hydrogen-bond acceptors (Lipinski definition) is 7. The van der Waals surface area contributed by atoms with Gasteiger partial charge in [-0.05, 0) is 85.8 Å². The second-order valence-electron chi connectivity index (χ2n) is 9.55. The highest BCUT2D eigenvalue weighted by molar-refractivity contribution is 7.97. The number of rotatable bonds is 4. The van der Waals surface area contributed by atoms with Gasteiger partial charge < -0.3 is 16.0 Å². The minimum atomic E-state index is -0.900. The number of aromatic nitrogens is 2. The predicted octanol–water partition coefficient (Wildman–Crippen LogP) is 6.35. The Morgan fingerprint density at radius 1 is 1.03 bits per heavy atom. The van der Waals surface area contributed by atoms with Crippen molar-refractivity contribution in [1.82, 2.24) is 14.7 Å². The number of nitrogens with one attached hydrogen (secondary N) is 4. The fourth-order valence-electron chi connectivity index (χ4n) is 4.09. The maximum atomic E-state index is 13.7. The molecule has 4 aromatic rings. The third-order valence-corrected chi connectivity index (χ3v) is 7.22. The Kier molecular flexibility index (Phi) is 7.57. The van der Waals surface area contributed by atoms with E-state index in [1.54, 1.807) is 44.1 Å². The number of carbonyl (C=O) groups excluding carboxylic acids is 1. The van der Waals surface area contributed by atoms with Crippen molar-refractivity contribution in [3.05, 3.63) is 90.4 Å². The summed E-state index contributed by atoms with van der Waals surface area (Å²) in [5.41, 5.74) is 3.06. The molecule has 4 bridgehead atoms. The van der Waals surface area contributed by atoms with E-state index in [9.17, 15) is 9.18 Å². The smallest absolute Gasteiger partial charge is 0.234 e. The van der Waals surface area contributed by atoms with Crippen LogP contribution in [0.15, 0.2) is 83.9 Å². The molecule has 2 heterocycles. The number of hydrogen-bond donors (Lipinski definition) is 4. The molecular formula is C29H29FN6OS. The van der Waals surface area contributed by atoms with Crippen LogP contribution in [0.1, 0.15) is 25.8 Å². The number of carbonyl (C=O) groups is 1. The predicted molar refractivity (Wildman–Crippen MR) is 152 cm³/mol. The highest BCUT2D eigenvalue weighted by Crippen LogP contribution is 2.31. The van der Waals surface area contributed by atoms with Gasteiger partial charge in [0, 0.05) is 41.1 Å². The summed E-state index contributed by atoms with van der Waals surface area (Å²) in [6.45, 7) is 5.16. The summed E-state index contributed by atoms with van der Waals surface area (Å²) in [6.07, 6.45) is 2.72. The zero-order chi connectivity index (χ0) is 26.5. The summed E-state index contributed by atoms with van der Waals surface area (Å²) >= 11 is 1.61. The van der Waals surface area contributed by atoms with Crippen LogP contribution in [0.4, 0.5) is 27.5 Å². The van der Waals surface area contributed by atoms with E-state index in [0.717, 1.165) is 47.0 Å². The Bertz CT molecular complexity index is 1440. The van der Waals surface area contributed by atoms with Gasteiger partial charge in [0.1, 0.15) is 11.6 Å². The molecule has 0 fully saturated rings. The standard InChI is InChI=1S/C29H29FN6OS/c1-29(2,20-6-3-7-21(30)16-20)27(37)34-22-12-10-19(11-13-22)25-18-32-28-35-23-8-4-9-24(17-23)38-33-15-5-14-31-26(25)36-28/h3-4,6-13,16-18,33H,5,14-15H2,1-2H3,(H,34,37)(H2,31,32,35,36). The molecule has 38 heavy (non-hydrogen) atoms. The highest BCUT2D eigenvalue weighted by Gasteiger charge is 2.30. The van der Waals surface area contributed by atoms with Crippen molar-refractivity contribution in [1.29, 1.82) is 0 Å². The van der Waals surface area contributed by atoms with E-state index < -0.39 is 5.41 Å². The quantitative estimate of drug-likeness (QED) is 0.229. The molecular weight excluding hydrogens is 499 g/mol. The van der Waals surface area contributed by atoms with E-state index in [1.165, 1.54) is 12.1 Å². The summed E-state index contributed by atoms with van der Waals surface area (Å²) in [5.74, 6) is 0.658. The molecule has 5 rings (SSSR count). The van der Waals surface area contributed by atoms with Crippen molar-refractivity contribution in [2.45, 2.75) is 30.6 Å². The number of benzene rings is 3. The Morgan fingerprint density at radius 2 is 1.84 bits per heavy atom. The lowest BCUT2D eigenvalue weighted by atomic mass is 9.83. The van der Waals surface area contributed by atoms with Crippen molar-refractivity contribution in [2.24, 2.45) is 0 Å². The fourth-order valence-corrected chi connectivity index (χ4v) is 4.83. The van der Waals surface area contributed by atoms with Crippen molar-refractivity contribution >= 4 is 41.0 Å². The summed E-state index contributed by atoms with van der Waals surface area (Å²) in [6, 6.07) is 21.8. The Morgan fingerprint density at radius 3 is 2.66 bits per heavy atom. The van der Waals surface area contributed by atoms with Gasteiger partial charge in [0.2, 0.25) is 11.9 Å². The average molecular weight is 529 g/mol. The van der Waals surface area contributed by atoms with Crippen LogP contribution >= 0.6 is 11.9 Å². The minimum Gasteiger partial charge on any atom is -0.369 e. The molecule has 7 nitrogen and oxygen atoms in total. The molecule has 0 atom stereocenters. The summed E-state index contributed by atoms with van der Waals surface area (Å²) in [5, 5.41) is 9.69. The van der Waals surface area contributed by atoms with Crippen LogP contribution in [0.25, 0.3) is 11.1 Å². The first kappa shape index (κ1) is 25.7. The van der Waals surface area contributed by atoms with Crippen LogP contribution in [0, 0.1) is 5.82 Å². The van der Waals surface area contributed by atoms with Gasteiger partial charge in [-0.15, -0.1) is 0 Å². The van der Waals surface area contributed by atoms with E-state index in [2.05, 4.69) is 37.8 Å². The van der Waals surface area contributed by atoms with E-state index in [1.807, 2.05) is 36.4 Å². The Balaban J connectivity index is 1.36. The molecule has 1 amide bonds. The zero-order valence-corrected chi connectivity index (χ0v) is 22.0. The molecule has 9 heteroatoms. The molecule has 0 saturated heterocycles. The Labute approximate surface area is 225 Å². The molecule has 194 valence electrons. The monoisotopic (exact) mass is 528 g/mol. The summed E-state index contributed by atoms with van der Waals surface area (Å²) < 4.78 is 17.1. The molecule has 3 aromatic carbocycles. The minimum absolute atomic E-state index is 0.217. The van der Waals surface area contributed by atoms with Crippen molar-refractivity contribution in [3.63, 3.8) is 0 Å². The topological polar surface area (TPSA) is 91.0 Å². The van der Waals surface area contributed by atoms with Gasteiger partial charge in [-0.1, -0.05) is 30.3 Å². The van der Waals surface area contributed by atoms with E-state index in [4.69, 9.17) is 4.98 Å². The lowest BCUT2D eigenvalue weighted by Crippen LogP contribution is -2.34. The number of anilines is 4. The Hall–Kier alpha value is -3.95. The van der Waals surface area contributed by atoms with Crippen LogP contribution in [-0.2, 0) is 10.2 Å². The first-order valence-corrected chi connectivity index (χ1v) is 13.3. The van der Waals surface area contributed by atoms with Gasteiger partial charge in [-0.2, -0.15) is 4.98 Å². The van der Waals surface area contributed by atoms with Gasteiger partial charge in [0.25, 0.3) is 0 Å². The third kappa shape index (κ3) is 5.95. The number of nitrogens with zero attached hydrogens (tertiary/aromatic N) is 2. The maximum Gasteiger partial charge on any atom is 0.234 e. The molecule has 1 aliphatic heterocycles.